The topological polar surface area (TPSA) is 51.0 Å². The predicted molar refractivity (Wildman–Crippen MR) is 69.2 cm³/mol. The molecule has 0 amide bonds. The van der Waals surface area contributed by atoms with Gasteiger partial charge in [-0.25, -0.2) is 0 Å². The lowest BCUT2D eigenvalue weighted by molar-refractivity contribution is -0.0697. The molecule has 1 aliphatic rings. The summed E-state index contributed by atoms with van der Waals surface area (Å²) in [7, 11) is 0. The van der Waals surface area contributed by atoms with Gasteiger partial charge in [0.1, 0.15) is 0 Å². The van der Waals surface area contributed by atoms with Gasteiger partial charge >= 0.3 is 0 Å². The molecule has 3 nitrogen and oxygen atoms in total. The Kier molecular flexibility index (Phi) is 2.28. The second-order valence-corrected chi connectivity index (χ2v) is 5.11. The standard InChI is InChI=1S/C14H18N2O/c1-9-13(14(10(2)15)7-17-8-14)11-5-3-4-6-12(11)16-9/h3-6,10,16H,7-8,15H2,1-2H3. The normalized spacial score (nSPS) is 20.2. The second kappa shape index (κ2) is 3.59. The zero-order valence-electron chi connectivity index (χ0n) is 10.3. The van der Waals surface area contributed by atoms with E-state index in [-0.39, 0.29) is 11.5 Å². The van der Waals surface area contributed by atoms with E-state index in [0.29, 0.717) is 0 Å². The van der Waals surface area contributed by atoms with Gasteiger partial charge < -0.3 is 15.5 Å². The SMILES string of the molecule is Cc1[nH]c2ccccc2c1C1(C(C)N)COC1. The van der Waals surface area contributed by atoms with Crippen molar-refractivity contribution in [2.75, 3.05) is 13.2 Å². The van der Waals surface area contributed by atoms with Gasteiger partial charge in [-0.2, -0.15) is 0 Å². The molecule has 1 aromatic heterocycles. The van der Waals surface area contributed by atoms with Crippen LogP contribution in [-0.4, -0.2) is 24.2 Å². The molecular formula is C14H18N2O. The molecular weight excluding hydrogens is 212 g/mol. The summed E-state index contributed by atoms with van der Waals surface area (Å²) in [6.07, 6.45) is 0. The first-order valence-electron chi connectivity index (χ1n) is 6.06. The van der Waals surface area contributed by atoms with Gasteiger partial charge in [-0.3, -0.25) is 0 Å². The third-order valence-electron chi connectivity index (χ3n) is 3.98. The monoisotopic (exact) mass is 230 g/mol. The maximum absolute atomic E-state index is 6.19. The van der Waals surface area contributed by atoms with Crippen molar-refractivity contribution in [2.24, 2.45) is 5.73 Å². The minimum atomic E-state index is -0.0102. The van der Waals surface area contributed by atoms with E-state index in [1.807, 2.05) is 0 Å². The minimum Gasteiger partial charge on any atom is -0.379 e. The number of ether oxygens (including phenoxy) is 1. The summed E-state index contributed by atoms with van der Waals surface area (Å²) in [4.78, 5) is 3.44. The summed E-state index contributed by atoms with van der Waals surface area (Å²) in [5.41, 5.74) is 9.92. The average molecular weight is 230 g/mol. The minimum absolute atomic E-state index is 0.0102. The van der Waals surface area contributed by atoms with Crippen LogP contribution in [0.2, 0.25) is 0 Å². The van der Waals surface area contributed by atoms with E-state index < -0.39 is 0 Å². The van der Waals surface area contributed by atoms with E-state index >= 15 is 0 Å². The average Bonchev–Trinajstić information content (AvgIpc) is 2.54. The first-order chi connectivity index (χ1) is 8.15. The van der Waals surface area contributed by atoms with Crippen LogP contribution >= 0.6 is 0 Å². The van der Waals surface area contributed by atoms with Crippen molar-refractivity contribution in [3.63, 3.8) is 0 Å². The Morgan fingerprint density at radius 3 is 2.65 bits per heavy atom. The van der Waals surface area contributed by atoms with Gasteiger partial charge in [-0.05, 0) is 25.5 Å². The molecule has 1 unspecified atom stereocenters. The maximum atomic E-state index is 6.19. The summed E-state index contributed by atoms with van der Waals surface area (Å²) in [5.74, 6) is 0. The molecule has 3 heteroatoms. The number of hydrogen-bond donors (Lipinski definition) is 2. The van der Waals surface area contributed by atoms with E-state index in [0.717, 1.165) is 13.2 Å². The summed E-state index contributed by atoms with van der Waals surface area (Å²) < 4.78 is 5.43. The van der Waals surface area contributed by atoms with Crippen molar-refractivity contribution < 1.29 is 4.74 Å². The van der Waals surface area contributed by atoms with Gasteiger partial charge in [0.2, 0.25) is 0 Å². The summed E-state index contributed by atoms with van der Waals surface area (Å²) in [5, 5.41) is 1.28. The summed E-state index contributed by atoms with van der Waals surface area (Å²) in [6.45, 7) is 5.65. The van der Waals surface area contributed by atoms with Crippen LogP contribution in [0.3, 0.4) is 0 Å². The number of nitrogens with one attached hydrogen (secondary N) is 1. The van der Waals surface area contributed by atoms with Gasteiger partial charge in [-0.1, -0.05) is 18.2 Å². The fourth-order valence-corrected chi connectivity index (χ4v) is 2.88. The highest BCUT2D eigenvalue weighted by Gasteiger charge is 2.46. The number of aromatic amines is 1. The quantitative estimate of drug-likeness (QED) is 0.830. The lowest BCUT2D eigenvalue weighted by Crippen LogP contribution is -2.57. The number of H-pyrrole nitrogens is 1. The van der Waals surface area contributed by atoms with Gasteiger partial charge in [-0.15, -0.1) is 0 Å². The zero-order chi connectivity index (χ0) is 12.0. The fraction of sp³-hybridized carbons (Fsp3) is 0.429. The zero-order valence-corrected chi connectivity index (χ0v) is 10.3. The molecule has 90 valence electrons. The van der Waals surface area contributed by atoms with Crippen molar-refractivity contribution in [2.45, 2.75) is 25.3 Å². The Morgan fingerprint density at radius 1 is 1.35 bits per heavy atom. The van der Waals surface area contributed by atoms with Gasteiger partial charge in [0, 0.05) is 22.6 Å². The number of benzene rings is 1. The van der Waals surface area contributed by atoms with Crippen molar-refractivity contribution in [1.82, 2.24) is 4.98 Å². The molecule has 0 radical (unpaired) electrons. The fourth-order valence-electron chi connectivity index (χ4n) is 2.88. The van der Waals surface area contributed by atoms with E-state index in [1.165, 1.54) is 22.2 Å². The molecule has 17 heavy (non-hydrogen) atoms. The Morgan fingerprint density at radius 2 is 2.06 bits per heavy atom. The highest BCUT2D eigenvalue weighted by Crippen LogP contribution is 2.40. The maximum Gasteiger partial charge on any atom is 0.0601 e. The van der Waals surface area contributed by atoms with Crippen LogP contribution in [0.5, 0.6) is 0 Å². The van der Waals surface area contributed by atoms with Crippen LogP contribution in [0.15, 0.2) is 24.3 Å². The molecule has 1 aliphatic heterocycles. The molecule has 0 aliphatic carbocycles. The summed E-state index contributed by atoms with van der Waals surface area (Å²) in [6, 6.07) is 8.51. The predicted octanol–water partition coefficient (Wildman–Crippen LogP) is 2.09. The first kappa shape index (κ1) is 10.8. The molecule has 3 N–H and O–H groups in total. The Bertz CT molecular complexity index is 552. The third-order valence-corrected chi connectivity index (χ3v) is 3.98. The van der Waals surface area contributed by atoms with Gasteiger partial charge in [0.25, 0.3) is 0 Å². The molecule has 2 heterocycles. The number of rotatable bonds is 2. The van der Waals surface area contributed by atoms with Crippen LogP contribution in [0.4, 0.5) is 0 Å². The molecule has 0 saturated carbocycles. The molecule has 1 saturated heterocycles. The Balaban J connectivity index is 2.26. The molecule has 1 aromatic carbocycles. The molecule has 0 bridgehead atoms. The number of para-hydroxylation sites is 1. The first-order valence-corrected chi connectivity index (χ1v) is 6.06. The van der Waals surface area contributed by atoms with Gasteiger partial charge in [0.05, 0.1) is 18.6 Å². The van der Waals surface area contributed by atoms with Gasteiger partial charge in [0.15, 0.2) is 0 Å². The molecule has 3 rings (SSSR count). The number of nitrogens with two attached hydrogens (primary N) is 1. The smallest absolute Gasteiger partial charge is 0.0601 e. The lowest BCUT2D eigenvalue weighted by Gasteiger charge is -2.45. The van der Waals surface area contributed by atoms with E-state index in [1.54, 1.807) is 0 Å². The number of fused-ring (bicyclic) bond motifs is 1. The van der Waals surface area contributed by atoms with Crippen LogP contribution < -0.4 is 5.73 Å². The third kappa shape index (κ3) is 1.36. The number of aromatic nitrogens is 1. The summed E-state index contributed by atoms with van der Waals surface area (Å²) >= 11 is 0. The number of hydrogen-bond acceptors (Lipinski definition) is 2. The second-order valence-electron chi connectivity index (χ2n) is 5.11. The largest absolute Gasteiger partial charge is 0.379 e. The van der Waals surface area contributed by atoms with E-state index in [9.17, 15) is 0 Å². The van der Waals surface area contributed by atoms with Crippen molar-refractivity contribution in [3.05, 3.63) is 35.5 Å². The van der Waals surface area contributed by atoms with Crippen LogP contribution in [0, 0.1) is 6.92 Å². The highest BCUT2D eigenvalue weighted by molar-refractivity contribution is 5.86. The molecule has 0 spiro atoms. The van der Waals surface area contributed by atoms with Crippen LogP contribution in [0.25, 0.3) is 10.9 Å². The van der Waals surface area contributed by atoms with Crippen LogP contribution in [-0.2, 0) is 10.2 Å². The highest BCUT2D eigenvalue weighted by atomic mass is 16.5. The molecule has 1 atom stereocenters. The van der Waals surface area contributed by atoms with E-state index in [2.05, 4.69) is 43.1 Å². The van der Waals surface area contributed by atoms with Crippen molar-refractivity contribution >= 4 is 10.9 Å². The van der Waals surface area contributed by atoms with E-state index in [4.69, 9.17) is 10.5 Å². The Hall–Kier alpha value is -1.32. The van der Waals surface area contributed by atoms with Crippen molar-refractivity contribution in [3.8, 4) is 0 Å². The van der Waals surface area contributed by atoms with Crippen molar-refractivity contribution in [1.29, 1.82) is 0 Å². The molecule has 1 fully saturated rings. The van der Waals surface area contributed by atoms with Crippen LogP contribution in [0.1, 0.15) is 18.2 Å². The lowest BCUT2D eigenvalue weighted by atomic mass is 9.72. The molecule has 2 aromatic rings. The Labute approximate surface area is 101 Å². The number of aryl methyl sites for hydroxylation is 1.